The van der Waals surface area contributed by atoms with Gasteiger partial charge in [-0.15, -0.1) is 0 Å². The summed E-state index contributed by atoms with van der Waals surface area (Å²) in [4.78, 5) is 0. The highest BCUT2D eigenvalue weighted by Gasteiger charge is 2.21. The minimum atomic E-state index is 0.390. The van der Waals surface area contributed by atoms with Gasteiger partial charge in [0.05, 0.1) is 0 Å². The lowest BCUT2D eigenvalue weighted by Crippen LogP contribution is -2.40. The van der Waals surface area contributed by atoms with Crippen molar-refractivity contribution in [1.29, 1.82) is 0 Å². The standard InChI is InChI=1S/C12H25NS/c1-10-6-5-7-11(8-10)13-9-12(2,3)14-4/h10-11,13H,5-9H2,1-4H3. The Labute approximate surface area is 93.4 Å². The van der Waals surface area contributed by atoms with Gasteiger partial charge in [0, 0.05) is 17.3 Å². The van der Waals surface area contributed by atoms with Crippen LogP contribution in [0.1, 0.15) is 46.5 Å². The van der Waals surface area contributed by atoms with Gasteiger partial charge in [0.1, 0.15) is 0 Å². The summed E-state index contributed by atoms with van der Waals surface area (Å²) >= 11 is 1.95. The van der Waals surface area contributed by atoms with E-state index in [4.69, 9.17) is 0 Å². The molecule has 0 saturated heterocycles. The summed E-state index contributed by atoms with van der Waals surface area (Å²) in [6, 6.07) is 0.783. The van der Waals surface area contributed by atoms with Gasteiger partial charge in [-0.1, -0.05) is 19.8 Å². The quantitative estimate of drug-likeness (QED) is 0.772. The Hall–Kier alpha value is 0.310. The zero-order chi connectivity index (χ0) is 10.6. The van der Waals surface area contributed by atoms with Crippen LogP contribution in [-0.2, 0) is 0 Å². The van der Waals surface area contributed by atoms with E-state index in [1.165, 1.54) is 25.7 Å². The van der Waals surface area contributed by atoms with Gasteiger partial charge < -0.3 is 5.32 Å². The lowest BCUT2D eigenvalue weighted by molar-refractivity contribution is 0.297. The van der Waals surface area contributed by atoms with E-state index in [0.29, 0.717) is 4.75 Å². The zero-order valence-corrected chi connectivity index (χ0v) is 10.9. The maximum atomic E-state index is 3.72. The molecule has 1 rings (SSSR count). The third-order valence-electron chi connectivity index (χ3n) is 3.31. The molecular formula is C12H25NS. The average molecular weight is 215 g/mol. The number of hydrogen-bond acceptors (Lipinski definition) is 2. The van der Waals surface area contributed by atoms with Crippen molar-refractivity contribution in [2.24, 2.45) is 5.92 Å². The van der Waals surface area contributed by atoms with E-state index >= 15 is 0 Å². The van der Waals surface area contributed by atoms with Gasteiger partial charge in [0.15, 0.2) is 0 Å². The summed E-state index contributed by atoms with van der Waals surface area (Å²) in [6.07, 6.45) is 7.81. The molecule has 0 spiro atoms. The minimum absolute atomic E-state index is 0.390. The van der Waals surface area contributed by atoms with Gasteiger partial charge in [-0.05, 0) is 38.9 Å². The van der Waals surface area contributed by atoms with Crippen molar-refractivity contribution in [2.75, 3.05) is 12.8 Å². The third kappa shape index (κ3) is 4.22. The summed E-state index contributed by atoms with van der Waals surface area (Å²) in [7, 11) is 0. The monoisotopic (exact) mass is 215 g/mol. The van der Waals surface area contributed by atoms with Crippen LogP contribution < -0.4 is 5.32 Å². The molecule has 0 aromatic heterocycles. The molecule has 1 N–H and O–H groups in total. The fraction of sp³-hybridized carbons (Fsp3) is 1.00. The van der Waals surface area contributed by atoms with Crippen molar-refractivity contribution < 1.29 is 0 Å². The summed E-state index contributed by atoms with van der Waals surface area (Å²) in [5, 5.41) is 3.72. The minimum Gasteiger partial charge on any atom is -0.313 e. The normalized spacial score (nSPS) is 29.1. The highest BCUT2D eigenvalue weighted by molar-refractivity contribution is 7.99. The fourth-order valence-corrected chi connectivity index (χ4v) is 2.31. The van der Waals surface area contributed by atoms with Crippen molar-refractivity contribution >= 4 is 11.8 Å². The molecule has 0 aliphatic heterocycles. The highest BCUT2D eigenvalue weighted by Crippen LogP contribution is 2.25. The van der Waals surface area contributed by atoms with Gasteiger partial charge in [-0.25, -0.2) is 0 Å². The van der Waals surface area contributed by atoms with E-state index in [1.54, 1.807) is 0 Å². The van der Waals surface area contributed by atoms with E-state index in [1.807, 2.05) is 11.8 Å². The van der Waals surface area contributed by atoms with E-state index in [0.717, 1.165) is 18.5 Å². The molecule has 84 valence electrons. The first-order chi connectivity index (χ1) is 6.53. The zero-order valence-electron chi connectivity index (χ0n) is 10.1. The maximum Gasteiger partial charge on any atom is 0.0225 e. The lowest BCUT2D eigenvalue weighted by atomic mass is 9.87. The van der Waals surface area contributed by atoms with Crippen LogP contribution in [-0.4, -0.2) is 23.6 Å². The summed E-state index contributed by atoms with van der Waals surface area (Å²) in [5.74, 6) is 0.929. The van der Waals surface area contributed by atoms with Crippen LogP contribution in [0.3, 0.4) is 0 Å². The van der Waals surface area contributed by atoms with E-state index < -0.39 is 0 Å². The highest BCUT2D eigenvalue weighted by atomic mass is 32.2. The number of hydrogen-bond donors (Lipinski definition) is 1. The van der Waals surface area contributed by atoms with Crippen molar-refractivity contribution in [3.8, 4) is 0 Å². The fourth-order valence-electron chi connectivity index (χ4n) is 2.08. The first-order valence-electron chi connectivity index (χ1n) is 5.82. The molecule has 1 saturated carbocycles. The van der Waals surface area contributed by atoms with Crippen LogP contribution in [0, 0.1) is 5.92 Å². The van der Waals surface area contributed by atoms with Crippen LogP contribution in [0.2, 0.25) is 0 Å². The predicted molar refractivity (Wildman–Crippen MR) is 67.0 cm³/mol. The Bertz CT molecular complexity index is 168. The van der Waals surface area contributed by atoms with Crippen LogP contribution in [0.5, 0.6) is 0 Å². The van der Waals surface area contributed by atoms with Crippen molar-refractivity contribution in [1.82, 2.24) is 5.32 Å². The van der Waals surface area contributed by atoms with Crippen molar-refractivity contribution in [3.05, 3.63) is 0 Å². The summed E-state index contributed by atoms with van der Waals surface area (Å²) in [5.41, 5.74) is 0. The molecule has 14 heavy (non-hydrogen) atoms. The maximum absolute atomic E-state index is 3.72. The second kappa shape index (κ2) is 5.41. The Balaban J connectivity index is 2.23. The SMILES string of the molecule is CSC(C)(C)CNC1CCCC(C)C1. The molecule has 0 aromatic rings. The number of nitrogens with one attached hydrogen (secondary N) is 1. The molecule has 2 heteroatoms. The molecule has 1 aliphatic carbocycles. The molecule has 0 radical (unpaired) electrons. The molecule has 0 aromatic carbocycles. The Morgan fingerprint density at radius 1 is 1.36 bits per heavy atom. The number of rotatable bonds is 4. The van der Waals surface area contributed by atoms with Gasteiger partial charge >= 0.3 is 0 Å². The Morgan fingerprint density at radius 3 is 2.64 bits per heavy atom. The first kappa shape index (κ1) is 12.4. The smallest absolute Gasteiger partial charge is 0.0225 e. The molecule has 0 bridgehead atoms. The van der Waals surface area contributed by atoms with Crippen LogP contribution in [0.4, 0.5) is 0 Å². The Kier molecular flexibility index (Phi) is 4.78. The molecule has 0 heterocycles. The number of thioether (sulfide) groups is 1. The summed E-state index contributed by atoms with van der Waals surface area (Å²) < 4.78 is 0.390. The van der Waals surface area contributed by atoms with Crippen LogP contribution >= 0.6 is 11.8 Å². The van der Waals surface area contributed by atoms with Crippen molar-refractivity contribution in [3.63, 3.8) is 0 Å². The van der Waals surface area contributed by atoms with Crippen LogP contribution in [0.15, 0.2) is 0 Å². The van der Waals surface area contributed by atoms with E-state index in [-0.39, 0.29) is 0 Å². The third-order valence-corrected chi connectivity index (χ3v) is 4.55. The summed E-state index contributed by atoms with van der Waals surface area (Å²) in [6.45, 7) is 8.16. The second-order valence-electron chi connectivity index (χ2n) is 5.31. The molecule has 1 fully saturated rings. The molecule has 0 amide bonds. The molecule has 1 nitrogen and oxygen atoms in total. The molecule has 1 aliphatic rings. The largest absolute Gasteiger partial charge is 0.313 e. The molecule has 2 unspecified atom stereocenters. The van der Waals surface area contributed by atoms with Crippen molar-refractivity contribution in [2.45, 2.75) is 57.2 Å². The van der Waals surface area contributed by atoms with Gasteiger partial charge in [-0.3, -0.25) is 0 Å². The van der Waals surface area contributed by atoms with Gasteiger partial charge in [0.2, 0.25) is 0 Å². The van der Waals surface area contributed by atoms with Gasteiger partial charge in [0.25, 0.3) is 0 Å². The topological polar surface area (TPSA) is 12.0 Å². The Morgan fingerprint density at radius 2 is 2.07 bits per heavy atom. The van der Waals surface area contributed by atoms with Gasteiger partial charge in [-0.2, -0.15) is 11.8 Å². The first-order valence-corrected chi connectivity index (χ1v) is 7.04. The average Bonchev–Trinajstić information content (AvgIpc) is 2.15. The van der Waals surface area contributed by atoms with E-state index in [9.17, 15) is 0 Å². The van der Waals surface area contributed by atoms with Crippen LogP contribution in [0.25, 0.3) is 0 Å². The lowest BCUT2D eigenvalue weighted by Gasteiger charge is -2.31. The second-order valence-corrected chi connectivity index (χ2v) is 6.83. The predicted octanol–water partition coefficient (Wildman–Crippen LogP) is 3.30. The molecule has 2 atom stereocenters. The van der Waals surface area contributed by atoms with E-state index in [2.05, 4.69) is 32.3 Å². The molecular weight excluding hydrogens is 190 g/mol.